The first kappa shape index (κ1) is 18.7. The Morgan fingerprint density at radius 3 is 2.67 bits per heavy atom. The van der Waals surface area contributed by atoms with E-state index in [0.717, 1.165) is 0 Å². The molecule has 2 aromatic rings. The fourth-order valence-corrected chi connectivity index (χ4v) is 2.62. The van der Waals surface area contributed by atoms with Crippen molar-refractivity contribution in [1.29, 1.82) is 0 Å². The molecule has 0 aliphatic carbocycles. The Bertz CT molecular complexity index is 898. The van der Waals surface area contributed by atoms with Crippen LogP contribution in [0.1, 0.15) is 27.6 Å². The molecule has 0 spiro atoms. The lowest BCUT2D eigenvalue weighted by atomic mass is 10.1. The third-order valence-electron chi connectivity index (χ3n) is 3.86. The highest BCUT2D eigenvalue weighted by Gasteiger charge is 2.21. The van der Waals surface area contributed by atoms with Crippen LogP contribution in [-0.2, 0) is 9.53 Å². The van der Waals surface area contributed by atoms with E-state index < -0.39 is 30.3 Å². The quantitative estimate of drug-likeness (QED) is 0.603. The Balaban J connectivity index is 1.53. The van der Waals surface area contributed by atoms with Gasteiger partial charge in [-0.15, -0.1) is 0 Å². The van der Waals surface area contributed by atoms with E-state index in [0.29, 0.717) is 17.1 Å². The number of amides is 1. The molecule has 1 aliphatic heterocycles. The third-order valence-corrected chi connectivity index (χ3v) is 4.19. The summed E-state index contributed by atoms with van der Waals surface area (Å²) in [4.78, 5) is 36.4. The number of carbonyl (C=O) groups is 3. The average Bonchev–Trinajstić information content (AvgIpc) is 3.13. The Morgan fingerprint density at radius 2 is 1.89 bits per heavy atom. The van der Waals surface area contributed by atoms with Crippen molar-refractivity contribution in [1.82, 2.24) is 5.32 Å². The van der Waals surface area contributed by atoms with Crippen molar-refractivity contribution >= 4 is 29.3 Å². The molecular formula is C19H16ClNO6. The molecule has 0 fully saturated rings. The lowest BCUT2D eigenvalue weighted by molar-refractivity contribution is -0.144. The Labute approximate surface area is 160 Å². The van der Waals surface area contributed by atoms with E-state index in [-0.39, 0.29) is 17.4 Å². The topological polar surface area (TPSA) is 90.9 Å². The van der Waals surface area contributed by atoms with Crippen LogP contribution in [0.5, 0.6) is 11.5 Å². The van der Waals surface area contributed by atoms with E-state index in [9.17, 15) is 14.4 Å². The minimum Gasteiger partial charge on any atom is -0.456 e. The summed E-state index contributed by atoms with van der Waals surface area (Å²) in [6, 6.07) is 10.2. The van der Waals surface area contributed by atoms with Gasteiger partial charge in [0.05, 0.1) is 10.6 Å². The number of hydrogen-bond acceptors (Lipinski definition) is 6. The molecule has 0 bridgehead atoms. The van der Waals surface area contributed by atoms with Crippen molar-refractivity contribution in [2.24, 2.45) is 0 Å². The van der Waals surface area contributed by atoms with Crippen molar-refractivity contribution in [3.05, 3.63) is 58.6 Å². The second-order valence-electron chi connectivity index (χ2n) is 5.77. The minimum absolute atomic E-state index is 0.102. The number of carbonyl (C=O) groups excluding carboxylic acids is 3. The first-order chi connectivity index (χ1) is 13.0. The smallest absolute Gasteiger partial charge is 0.328 e. The van der Waals surface area contributed by atoms with Crippen LogP contribution in [-0.4, -0.2) is 37.1 Å². The van der Waals surface area contributed by atoms with Crippen molar-refractivity contribution in [2.75, 3.05) is 13.4 Å². The number of ether oxygens (including phenoxy) is 3. The Kier molecular flexibility index (Phi) is 5.61. The molecule has 27 heavy (non-hydrogen) atoms. The first-order valence-electron chi connectivity index (χ1n) is 8.10. The van der Waals surface area contributed by atoms with Gasteiger partial charge in [0, 0.05) is 5.56 Å². The van der Waals surface area contributed by atoms with Crippen molar-refractivity contribution in [3.8, 4) is 11.5 Å². The molecule has 7 nitrogen and oxygen atoms in total. The van der Waals surface area contributed by atoms with Gasteiger partial charge < -0.3 is 19.5 Å². The monoisotopic (exact) mass is 389 g/mol. The number of Topliss-reactive ketones (excluding diaryl/α,β-unsaturated/α-hetero) is 1. The number of nitrogens with one attached hydrogen (secondary N) is 1. The molecule has 0 unspecified atom stereocenters. The maximum absolute atomic E-state index is 12.2. The first-order valence-corrected chi connectivity index (χ1v) is 8.48. The highest BCUT2D eigenvalue weighted by Crippen LogP contribution is 2.32. The zero-order valence-corrected chi connectivity index (χ0v) is 15.1. The minimum atomic E-state index is -0.946. The molecule has 2 aromatic carbocycles. The molecule has 8 heteroatoms. The summed E-state index contributed by atoms with van der Waals surface area (Å²) in [5.74, 6) is -0.616. The van der Waals surface area contributed by atoms with Gasteiger partial charge >= 0.3 is 5.97 Å². The molecule has 1 atom stereocenters. The van der Waals surface area contributed by atoms with Crippen molar-refractivity contribution in [2.45, 2.75) is 13.0 Å². The molecule has 0 aromatic heterocycles. The number of rotatable bonds is 6. The molecule has 1 amide bonds. The Morgan fingerprint density at radius 1 is 1.15 bits per heavy atom. The van der Waals surface area contributed by atoms with Crippen LogP contribution in [0.15, 0.2) is 42.5 Å². The van der Waals surface area contributed by atoms with Crippen LogP contribution < -0.4 is 14.8 Å². The van der Waals surface area contributed by atoms with Crippen LogP contribution in [0.25, 0.3) is 0 Å². The molecule has 1 heterocycles. The fraction of sp³-hybridized carbons (Fsp3) is 0.211. The van der Waals surface area contributed by atoms with E-state index >= 15 is 0 Å². The predicted octanol–water partition coefficient (Wildman–Crippen LogP) is 2.61. The summed E-state index contributed by atoms with van der Waals surface area (Å²) >= 11 is 5.95. The van der Waals surface area contributed by atoms with Crippen LogP contribution in [0.4, 0.5) is 0 Å². The maximum Gasteiger partial charge on any atom is 0.328 e. The highest BCUT2D eigenvalue weighted by atomic mass is 35.5. The number of esters is 1. The molecule has 0 radical (unpaired) electrons. The van der Waals surface area contributed by atoms with E-state index in [1.54, 1.807) is 36.4 Å². The zero-order chi connectivity index (χ0) is 19.4. The molecule has 1 aliphatic rings. The number of ketones is 1. The molecule has 0 saturated carbocycles. The summed E-state index contributed by atoms with van der Waals surface area (Å²) in [7, 11) is 0. The van der Waals surface area contributed by atoms with Crippen LogP contribution in [0.3, 0.4) is 0 Å². The van der Waals surface area contributed by atoms with Gasteiger partial charge in [-0.2, -0.15) is 0 Å². The fourth-order valence-electron chi connectivity index (χ4n) is 2.39. The Hall–Kier alpha value is -3.06. The second-order valence-corrected chi connectivity index (χ2v) is 6.18. The van der Waals surface area contributed by atoms with Gasteiger partial charge in [0.2, 0.25) is 6.79 Å². The van der Waals surface area contributed by atoms with E-state index in [2.05, 4.69) is 5.32 Å². The largest absolute Gasteiger partial charge is 0.456 e. The van der Waals surface area contributed by atoms with Gasteiger partial charge in [0.25, 0.3) is 5.91 Å². The summed E-state index contributed by atoms with van der Waals surface area (Å²) in [6.07, 6.45) is 0. The third kappa shape index (κ3) is 4.38. The lowest BCUT2D eigenvalue weighted by Crippen LogP contribution is -2.40. The standard InChI is InChI=1S/C19H16ClNO6/c1-11(21-18(23)13-4-2-3-5-14(13)20)19(24)25-9-15(22)12-6-7-16-17(8-12)27-10-26-16/h2-8,11H,9-10H2,1H3,(H,21,23)/t11-/m0/s1. The maximum atomic E-state index is 12.2. The van der Waals surface area contributed by atoms with E-state index in [1.165, 1.54) is 13.0 Å². The van der Waals surface area contributed by atoms with Gasteiger partial charge in [0.15, 0.2) is 23.9 Å². The average molecular weight is 390 g/mol. The van der Waals surface area contributed by atoms with Crippen LogP contribution >= 0.6 is 11.6 Å². The van der Waals surface area contributed by atoms with Gasteiger partial charge in [0.1, 0.15) is 6.04 Å². The number of halogens is 1. The molecule has 140 valence electrons. The predicted molar refractivity (Wildman–Crippen MR) is 96.2 cm³/mol. The lowest BCUT2D eigenvalue weighted by Gasteiger charge is -2.13. The zero-order valence-electron chi connectivity index (χ0n) is 14.4. The van der Waals surface area contributed by atoms with Gasteiger partial charge in [-0.05, 0) is 37.3 Å². The molecule has 3 rings (SSSR count). The van der Waals surface area contributed by atoms with Crippen LogP contribution in [0.2, 0.25) is 5.02 Å². The van der Waals surface area contributed by atoms with Gasteiger partial charge in [-0.3, -0.25) is 9.59 Å². The summed E-state index contributed by atoms with van der Waals surface area (Å²) < 4.78 is 15.4. The SMILES string of the molecule is C[C@H](NC(=O)c1ccccc1Cl)C(=O)OCC(=O)c1ccc2c(c1)OCO2. The highest BCUT2D eigenvalue weighted by molar-refractivity contribution is 6.33. The molecule has 0 saturated heterocycles. The van der Waals surface area contributed by atoms with Gasteiger partial charge in [-0.1, -0.05) is 23.7 Å². The number of fused-ring (bicyclic) bond motifs is 1. The summed E-state index contributed by atoms with van der Waals surface area (Å²) in [6.45, 7) is 1.11. The molecular weight excluding hydrogens is 374 g/mol. The summed E-state index contributed by atoms with van der Waals surface area (Å²) in [5.41, 5.74) is 0.579. The van der Waals surface area contributed by atoms with E-state index in [1.807, 2.05) is 0 Å². The normalized spacial score (nSPS) is 13.0. The second kappa shape index (κ2) is 8.09. The van der Waals surface area contributed by atoms with Crippen LogP contribution in [0, 0.1) is 0 Å². The summed E-state index contributed by atoms with van der Waals surface area (Å²) in [5, 5.41) is 2.76. The van der Waals surface area contributed by atoms with Gasteiger partial charge in [-0.25, -0.2) is 4.79 Å². The van der Waals surface area contributed by atoms with E-state index in [4.69, 9.17) is 25.8 Å². The van der Waals surface area contributed by atoms with Crippen molar-refractivity contribution in [3.63, 3.8) is 0 Å². The number of benzene rings is 2. The number of hydrogen-bond donors (Lipinski definition) is 1. The van der Waals surface area contributed by atoms with Crippen molar-refractivity contribution < 1.29 is 28.6 Å². The molecule has 1 N–H and O–H groups in total.